The Kier molecular flexibility index (Phi) is 5.88. The molecule has 5 heteroatoms. The Morgan fingerprint density at radius 2 is 2.05 bits per heavy atom. The van der Waals surface area contributed by atoms with Crippen molar-refractivity contribution in [3.05, 3.63) is 44.6 Å². The van der Waals surface area contributed by atoms with Gasteiger partial charge in [0.1, 0.15) is 0 Å². The third-order valence-corrected chi connectivity index (χ3v) is 4.48. The van der Waals surface area contributed by atoms with E-state index in [0.717, 1.165) is 29.1 Å². The van der Waals surface area contributed by atoms with Crippen molar-refractivity contribution in [2.24, 2.45) is 0 Å². The van der Waals surface area contributed by atoms with Gasteiger partial charge in [-0.3, -0.25) is 0 Å². The molecule has 2 rings (SSSR count). The molecule has 0 aliphatic heterocycles. The van der Waals surface area contributed by atoms with E-state index in [1.54, 1.807) is 18.4 Å². The highest BCUT2D eigenvalue weighted by atomic mass is 79.9. The van der Waals surface area contributed by atoms with Gasteiger partial charge in [-0.15, -0.1) is 11.3 Å². The minimum absolute atomic E-state index is 0.635. The average molecular weight is 356 g/mol. The van der Waals surface area contributed by atoms with E-state index in [9.17, 15) is 0 Å². The standard InChI is InChI=1S/C15H18BrNO2S/c1-3-19-15-6-11(4-5-14(15)18-2)8-17-9-13-7-12(16)10-20-13/h4-7,10,17H,3,8-9H2,1-2H3. The SMILES string of the molecule is CCOc1cc(CNCc2cc(Br)cs2)ccc1OC. The van der Waals surface area contributed by atoms with Crippen LogP contribution in [0.3, 0.4) is 0 Å². The van der Waals surface area contributed by atoms with Gasteiger partial charge in [0, 0.05) is 27.8 Å². The lowest BCUT2D eigenvalue weighted by molar-refractivity contribution is 0.310. The first kappa shape index (κ1) is 15.4. The molecule has 1 aromatic carbocycles. The number of hydrogen-bond acceptors (Lipinski definition) is 4. The van der Waals surface area contributed by atoms with Crippen LogP contribution in [0.2, 0.25) is 0 Å². The number of benzene rings is 1. The molecule has 108 valence electrons. The minimum atomic E-state index is 0.635. The van der Waals surface area contributed by atoms with Crippen LogP contribution in [0.4, 0.5) is 0 Å². The molecular formula is C15H18BrNO2S. The molecule has 0 aliphatic rings. The van der Waals surface area contributed by atoms with Crippen molar-refractivity contribution in [3.63, 3.8) is 0 Å². The first-order valence-corrected chi connectivity index (χ1v) is 8.13. The molecule has 1 N–H and O–H groups in total. The minimum Gasteiger partial charge on any atom is -0.493 e. The maximum atomic E-state index is 5.58. The van der Waals surface area contributed by atoms with Crippen molar-refractivity contribution in [3.8, 4) is 11.5 Å². The van der Waals surface area contributed by atoms with Gasteiger partial charge in [0.05, 0.1) is 13.7 Å². The van der Waals surface area contributed by atoms with Gasteiger partial charge in [-0.1, -0.05) is 6.07 Å². The van der Waals surface area contributed by atoms with Crippen LogP contribution < -0.4 is 14.8 Å². The summed E-state index contributed by atoms with van der Waals surface area (Å²) in [5, 5.41) is 5.53. The summed E-state index contributed by atoms with van der Waals surface area (Å²) in [6.07, 6.45) is 0. The summed E-state index contributed by atoms with van der Waals surface area (Å²) >= 11 is 5.21. The second kappa shape index (κ2) is 7.67. The van der Waals surface area contributed by atoms with Gasteiger partial charge in [0.25, 0.3) is 0 Å². The normalized spacial score (nSPS) is 10.6. The molecule has 0 atom stereocenters. The van der Waals surface area contributed by atoms with Crippen LogP contribution in [0, 0.1) is 0 Å². The molecule has 0 saturated carbocycles. The summed E-state index contributed by atoms with van der Waals surface area (Å²) in [4.78, 5) is 1.32. The van der Waals surface area contributed by atoms with Gasteiger partial charge in [-0.2, -0.15) is 0 Å². The zero-order valence-electron chi connectivity index (χ0n) is 11.6. The molecule has 0 unspecified atom stereocenters. The molecule has 3 nitrogen and oxygen atoms in total. The maximum Gasteiger partial charge on any atom is 0.161 e. The number of thiophene rings is 1. The predicted octanol–water partition coefficient (Wildman–Crippen LogP) is 4.21. The zero-order chi connectivity index (χ0) is 14.4. The summed E-state index contributed by atoms with van der Waals surface area (Å²) in [6, 6.07) is 8.17. The quantitative estimate of drug-likeness (QED) is 0.806. The average Bonchev–Trinajstić information content (AvgIpc) is 2.85. The summed E-state index contributed by atoms with van der Waals surface area (Å²) in [7, 11) is 1.66. The number of rotatable bonds is 7. The zero-order valence-corrected chi connectivity index (χ0v) is 14.0. The largest absolute Gasteiger partial charge is 0.493 e. The van der Waals surface area contributed by atoms with E-state index in [4.69, 9.17) is 9.47 Å². The second-order valence-electron chi connectivity index (χ2n) is 4.25. The lowest BCUT2D eigenvalue weighted by atomic mass is 10.2. The van der Waals surface area contributed by atoms with E-state index in [-0.39, 0.29) is 0 Å². The van der Waals surface area contributed by atoms with Crippen LogP contribution in [0.5, 0.6) is 11.5 Å². The molecule has 0 aliphatic carbocycles. The molecule has 0 bridgehead atoms. The highest BCUT2D eigenvalue weighted by molar-refractivity contribution is 9.10. The van der Waals surface area contributed by atoms with Crippen molar-refractivity contribution in [1.29, 1.82) is 0 Å². The predicted molar refractivity (Wildman–Crippen MR) is 86.7 cm³/mol. The first-order chi connectivity index (χ1) is 9.72. The van der Waals surface area contributed by atoms with Gasteiger partial charge in [0.15, 0.2) is 11.5 Å². The molecule has 0 saturated heterocycles. The van der Waals surface area contributed by atoms with Crippen LogP contribution in [0.25, 0.3) is 0 Å². The van der Waals surface area contributed by atoms with E-state index >= 15 is 0 Å². The summed E-state index contributed by atoms with van der Waals surface area (Å²) in [5.41, 5.74) is 1.19. The van der Waals surface area contributed by atoms with Crippen LogP contribution in [0.1, 0.15) is 17.4 Å². The molecule has 0 fully saturated rings. The smallest absolute Gasteiger partial charge is 0.161 e. The van der Waals surface area contributed by atoms with Crippen molar-refractivity contribution in [1.82, 2.24) is 5.32 Å². The Bertz CT molecular complexity index is 557. The van der Waals surface area contributed by atoms with E-state index < -0.39 is 0 Å². The summed E-state index contributed by atoms with van der Waals surface area (Å²) in [6.45, 7) is 4.28. The van der Waals surface area contributed by atoms with Crippen LogP contribution >= 0.6 is 27.3 Å². The fourth-order valence-electron chi connectivity index (χ4n) is 1.88. The van der Waals surface area contributed by atoms with Crippen LogP contribution in [0.15, 0.2) is 34.1 Å². The highest BCUT2D eigenvalue weighted by Crippen LogP contribution is 2.28. The molecule has 1 aromatic heterocycles. The van der Waals surface area contributed by atoms with Crippen LogP contribution in [-0.2, 0) is 13.1 Å². The summed E-state index contributed by atoms with van der Waals surface area (Å²) in [5.74, 6) is 1.57. The highest BCUT2D eigenvalue weighted by Gasteiger charge is 2.05. The molecule has 0 spiro atoms. The number of ether oxygens (including phenoxy) is 2. The Morgan fingerprint density at radius 1 is 1.20 bits per heavy atom. The van der Waals surface area contributed by atoms with Crippen molar-refractivity contribution >= 4 is 27.3 Å². The van der Waals surface area contributed by atoms with Gasteiger partial charge in [0.2, 0.25) is 0 Å². The van der Waals surface area contributed by atoms with Crippen molar-refractivity contribution in [2.45, 2.75) is 20.0 Å². The number of nitrogens with one attached hydrogen (secondary N) is 1. The number of methoxy groups -OCH3 is 1. The Morgan fingerprint density at radius 3 is 2.70 bits per heavy atom. The second-order valence-corrected chi connectivity index (χ2v) is 6.16. The fraction of sp³-hybridized carbons (Fsp3) is 0.333. The Labute approximate surface area is 132 Å². The first-order valence-electron chi connectivity index (χ1n) is 6.46. The molecule has 0 amide bonds. The lowest BCUT2D eigenvalue weighted by Gasteiger charge is -2.11. The number of halogens is 1. The molecular weight excluding hydrogens is 338 g/mol. The van der Waals surface area contributed by atoms with E-state index in [2.05, 4.69) is 38.8 Å². The summed E-state index contributed by atoms with van der Waals surface area (Å²) < 4.78 is 12.0. The molecule has 20 heavy (non-hydrogen) atoms. The monoisotopic (exact) mass is 355 g/mol. The molecule has 1 heterocycles. The van der Waals surface area contributed by atoms with Gasteiger partial charge in [-0.05, 0) is 46.6 Å². The van der Waals surface area contributed by atoms with E-state index in [1.165, 1.54) is 10.4 Å². The van der Waals surface area contributed by atoms with E-state index in [1.807, 2.05) is 19.1 Å². The third kappa shape index (κ3) is 4.23. The number of hydrogen-bond donors (Lipinski definition) is 1. The van der Waals surface area contributed by atoms with Gasteiger partial charge >= 0.3 is 0 Å². The Hall–Kier alpha value is -1.04. The topological polar surface area (TPSA) is 30.5 Å². The van der Waals surface area contributed by atoms with Gasteiger partial charge < -0.3 is 14.8 Å². The van der Waals surface area contributed by atoms with Gasteiger partial charge in [-0.25, -0.2) is 0 Å². The van der Waals surface area contributed by atoms with Crippen molar-refractivity contribution < 1.29 is 9.47 Å². The molecule has 0 radical (unpaired) electrons. The van der Waals surface area contributed by atoms with Crippen molar-refractivity contribution in [2.75, 3.05) is 13.7 Å². The maximum absolute atomic E-state index is 5.58. The molecule has 2 aromatic rings. The fourth-order valence-corrected chi connectivity index (χ4v) is 3.30. The van der Waals surface area contributed by atoms with E-state index in [0.29, 0.717) is 6.61 Å². The van der Waals surface area contributed by atoms with Crippen LogP contribution in [-0.4, -0.2) is 13.7 Å². The third-order valence-electron chi connectivity index (χ3n) is 2.78. The Balaban J connectivity index is 1.93. The lowest BCUT2D eigenvalue weighted by Crippen LogP contribution is -2.11.